The number of carbonyl (C=O) groups excluding carboxylic acids is 1. The van der Waals surface area contributed by atoms with Crippen molar-refractivity contribution in [3.63, 3.8) is 0 Å². The molecule has 3 heteroatoms. The first kappa shape index (κ1) is 15.3. The zero-order valence-electron chi connectivity index (χ0n) is 12.4. The van der Waals surface area contributed by atoms with Gasteiger partial charge in [-0.05, 0) is 42.9 Å². The molecule has 0 radical (unpaired) electrons. The van der Waals surface area contributed by atoms with Crippen LogP contribution in [-0.2, 0) is 16.1 Å². The lowest BCUT2D eigenvalue weighted by atomic mass is 10.1. The molecule has 0 aromatic heterocycles. The summed E-state index contributed by atoms with van der Waals surface area (Å²) in [6.45, 7) is 8.74. The number of carbonyl (C=O) groups is 1. The first-order valence-corrected chi connectivity index (χ1v) is 7.68. The van der Waals surface area contributed by atoms with Crippen molar-refractivity contribution >= 4 is 21.9 Å². The largest absolute Gasteiger partial charge is 0.461 e. The number of esters is 1. The van der Waals surface area contributed by atoms with E-state index >= 15 is 0 Å². The molecule has 0 saturated heterocycles. The lowest BCUT2D eigenvalue weighted by Crippen LogP contribution is -2.10. The monoisotopic (exact) mass is 336 g/mol. The van der Waals surface area contributed by atoms with Crippen LogP contribution >= 0.6 is 15.9 Å². The fraction of sp³-hybridized carbons (Fsp3) is 0.471. The van der Waals surface area contributed by atoms with Gasteiger partial charge in [-0.15, -0.1) is 0 Å². The van der Waals surface area contributed by atoms with Gasteiger partial charge in [0.25, 0.3) is 0 Å². The van der Waals surface area contributed by atoms with Crippen LogP contribution in [0.25, 0.3) is 0 Å². The number of allylic oxidation sites excluding steroid dienone is 2. The number of ether oxygens (including phenoxy) is 1. The van der Waals surface area contributed by atoms with E-state index in [4.69, 9.17) is 4.74 Å². The highest BCUT2D eigenvalue weighted by atomic mass is 79.9. The van der Waals surface area contributed by atoms with Crippen LogP contribution in [0.3, 0.4) is 0 Å². The second-order valence-corrected chi connectivity index (χ2v) is 7.22. The van der Waals surface area contributed by atoms with E-state index < -0.39 is 0 Å². The second-order valence-electron chi connectivity index (χ2n) is 6.30. The number of hydrogen-bond donors (Lipinski definition) is 0. The van der Waals surface area contributed by atoms with Crippen LogP contribution in [0.5, 0.6) is 0 Å². The quantitative estimate of drug-likeness (QED) is 0.586. The standard InChI is InChI=1S/C17H21BrO2/c1-11(2)9-14-15(17(14,3)4)16(19)20-10-12-5-7-13(18)8-6-12/h5-9,14-15H,10H2,1-4H3/t14-,15+/m1/s1. The highest BCUT2D eigenvalue weighted by Gasteiger charge is 2.61. The second kappa shape index (κ2) is 5.72. The van der Waals surface area contributed by atoms with Gasteiger partial charge in [0.2, 0.25) is 0 Å². The molecule has 1 saturated carbocycles. The fourth-order valence-electron chi connectivity index (χ4n) is 2.62. The summed E-state index contributed by atoms with van der Waals surface area (Å²) in [6, 6.07) is 7.83. The molecule has 1 aromatic rings. The molecule has 0 heterocycles. The van der Waals surface area contributed by atoms with Gasteiger partial charge in [-0.1, -0.05) is 53.6 Å². The lowest BCUT2D eigenvalue weighted by Gasteiger charge is -2.06. The molecule has 0 N–H and O–H groups in total. The molecule has 0 aliphatic heterocycles. The van der Waals surface area contributed by atoms with Crippen molar-refractivity contribution in [3.8, 4) is 0 Å². The summed E-state index contributed by atoms with van der Waals surface area (Å²) >= 11 is 3.39. The van der Waals surface area contributed by atoms with E-state index in [1.165, 1.54) is 5.57 Å². The average Bonchev–Trinajstić information content (AvgIpc) is 2.89. The van der Waals surface area contributed by atoms with E-state index in [0.717, 1.165) is 10.0 Å². The van der Waals surface area contributed by atoms with E-state index in [9.17, 15) is 4.79 Å². The molecule has 1 aromatic carbocycles. The van der Waals surface area contributed by atoms with E-state index in [1.807, 2.05) is 24.3 Å². The lowest BCUT2D eigenvalue weighted by molar-refractivity contribution is -0.147. The Morgan fingerprint density at radius 1 is 1.30 bits per heavy atom. The SMILES string of the molecule is CC(C)=C[C@@H]1[C@@H](C(=O)OCc2ccc(Br)cc2)C1(C)C. The summed E-state index contributed by atoms with van der Waals surface area (Å²) in [4.78, 5) is 12.2. The molecule has 0 unspecified atom stereocenters. The van der Waals surface area contributed by atoms with Gasteiger partial charge in [-0.3, -0.25) is 4.79 Å². The van der Waals surface area contributed by atoms with Gasteiger partial charge in [0, 0.05) is 4.47 Å². The molecule has 0 amide bonds. The Bertz CT molecular complexity index is 524. The maximum absolute atomic E-state index is 12.2. The molecular weight excluding hydrogens is 316 g/mol. The van der Waals surface area contributed by atoms with Crippen LogP contribution in [-0.4, -0.2) is 5.97 Å². The Kier molecular flexibility index (Phi) is 4.38. The molecular formula is C17H21BrO2. The summed E-state index contributed by atoms with van der Waals surface area (Å²) in [6.07, 6.45) is 2.19. The minimum Gasteiger partial charge on any atom is -0.461 e. The Labute approximate surface area is 129 Å². The first-order valence-electron chi connectivity index (χ1n) is 6.88. The highest BCUT2D eigenvalue weighted by molar-refractivity contribution is 9.10. The van der Waals surface area contributed by atoms with Gasteiger partial charge in [-0.25, -0.2) is 0 Å². The molecule has 2 rings (SSSR count). The van der Waals surface area contributed by atoms with Crippen molar-refractivity contribution in [2.75, 3.05) is 0 Å². The van der Waals surface area contributed by atoms with Crippen molar-refractivity contribution in [2.45, 2.75) is 34.3 Å². The van der Waals surface area contributed by atoms with Crippen molar-refractivity contribution in [3.05, 3.63) is 46.0 Å². The van der Waals surface area contributed by atoms with E-state index in [0.29, 0.717) is 12.5 Å². The van der Waals surface area contributed by atoms with Gasteiger partial charge in [0.1, 0.15) is 6.61 Å². The Morgan fingerprint density at radius 2 is 1.90 bits per heavy atom. The third kappa shape index (κ3) is 3.32. The molecule has 0 spiro atoms. The van der Waals surface area contributed by atoms with E-state index in [2.05, 4.69) is 49.7 Å². The number of halogens is 1. The number of benzene rings is 1. The summed E-state index contributed by atoms with van der Waals surface area (Å²) in [5, 5.41) is 0. The molecule has 20 heavy (non-hydrogen) atoms. The van der Waals surface area contributed by atoms with Gasteiger partial charge >= 0.3 is 5.97 Å². The summed E-state index contributed by atoms with van der Waals surface area (Å²) in [7, 11) is 0. The zero-order chi connectivity index (χ0) is 14.9. The minimum atomic E-state index is -0.0829. The third-order valence-corrected chi connectivity index (χ3v) is 4.50. The van der Waals surface area contributed by atoms with Gasteiger partial charge < -0.3 is 4.74 Å². The smallest absolute Gasteiger partial charge is 0.310 e. The van der Waals surface area contributed by atoms with Gasteiger partial charge in [-0.2, -0.15) is 0 Å². The van der Waals surface area contributed by atoms with Crippen LogP contribution < -0.4 is 0 Å². The summed E-state index contributed by atoms with van der Waals surface area (Å²) in [5.74, 6) is 0.221. The molecule has 2 atom stereocenters. The van der Waals surface area contributed by atoms with Crippen molar-refractivity contribution < 1.29 is 9.53 Å². The summed E-state index contributed by atoms with van der Waals surface area (Å²) < 4.78 is 6.48. The predicted octanol–water partition coefficient (Wildman–Crippen LogP) is 4.73. The summed E-state index contributed by atoms with van der Waals surface area (Å²) in [5.41, 5.74) is 2.29. The van der Waals surface area contributed by atoms with E-state index in [-0.39, 0.29) is 17.3 Å². The molecule has 0 bridgehead atoms. The highest BCUT2D eigenvalue weighted by Crippen LogP contribution is 2.59. The van der Waals surface area contributed by atoms with Crippen molar-refractivity contribution in [2.24, 2.45) is 17.3 Å². The van der Waals surface area contributed by atoms with Crippen LogP contribution in [0.4, 0.5) is 0 Å². The Hall–Kier alpha value is -1.09. The zero-order valence-corrected chi connectivity index (χ0v) is 14.0. The first-order chi connectivity index (χ1) is 9.32. The van der Waals surface area contributed by atoms with Crippen molar-refractivity contribution in [1.82, 2.24) is 0 Å². The maximum Gasteiger partial charge on any atom is 0.310 e. The molecule has 2 nitrogen and oxygen atoms in total. The topological polar surface area (TPSA) is 26.3 Å². The van der Waals surface area contributed by atoms with Crippen LogP contribution in [0.15, 0.2) is 40.4 Å². The maximum atomic E-state index is 12.2. The Morgan fingerprint density at radius 3 is 2.45 bits per heavy atom. The van der Waals surface area contributed by atoms with Gasteiger partial charge in [0.15, 0.2) is 0 Å². The minimum absolute atomic E-state index is 0.00662. The van der Waals surface area contributed by atoms with Crippen LogP contribution in [0.2, 0.25) is 0 Å². The third-order valence-electron chi connectivity index (χ3n) is 3.97. The van der Waals surface area contributed by atoms with Crippen LogP contribution in [0.1, 0.15) is 33.3 Å². The van der Waals surface area contributed by atoms with Crippen LogP contribution in [0, 0.1) is 17.3 Å². The van der Waals surface area contributed by atoms with Crippen molar-refractivity contribution in [1.29, 1.82) is 0 Å². The van der Waals surface area contributed by atoms with Gasteiger partial charge in [0.05, 0.1) is 5.92 Å². The molecule has 1 aliphatic carbocycles. The normalized spacial score (nSPS) is 23.1. The average molecular weight is 337 g/mol. The Balaban J connectivity index is 1.93. The molecule has 1 fully saturated rings. The number of hydrogen-bond acceptors (Lipinski definition) is 2. The van der Waals surface area contributed by atoms with E-state index in [1.54, 1.807) is 0 Å². The number of rotatable bonds is 4. The molecule has 108 valence electrons. The fourth-order valence-corrected chi connectivity index (χ4v) is 2.89. The predicted molar refractivity (Wildman–Crippen MR) is 84.1 cm³/mol. The molecule has 1 aliphatic rings.